The molecule has 5 nitrogen and oxygen atoms in total. The van der Waals surface area contributed by atoms with Gasteiger partial charge in [-0.15, -0.1) is 11.3 Å². The number of hydrogen-bond donors (Lipinski definition) is 0. The van der Waals surface area contributed by atoms with Gasteiger partial charge < -0.3 is 4.74 Å². The quantitative estimate of drug-likeness (QED) is 0.308. The lowest BCUT2D eigenvalue weighted by Gasteiger charge is -2.33. The van der Waals surface area contributed by atoms with Crippen LogP contribution < -0.4 is 5.56 Å². The molecule has 31 heavy (non-hydrogen) atoms. The molecule has 1 aromatic carbocycles. The van der Waals surface area contributed by atoms with Gasteiger partial charge in [-0.25, -0.2) is 4.98 Å². The van der Waals surface area contributed by atoms with E-state index in [-0.39, 0.29) is 22.7 Å². The monoisotopic (exact) mass is 456 g/mol. The van der Waals surface area contributed by atoms with Gasteiger partial charge in [-0.1, -0.05) is 50.2 Å². The van der Waals surface area contributed by atoms with Crippen LogP contribution in [0.1, 0.15) is 43.2 Å². The van der Waals surface area contributed by atoms with Crippen molar-refractivity contribution < 1.29 is 9.53 Å². The zero-order valence-electron chi connectivity index (χ0n) is 18.7. The molecular formula is C24H28N2O3S2. The molecule has 0 aliphatic heterocycles. The molecule has 4 rings (SSSR count). The fourth-order valence-electron chi connectivity index (χ4n) is 4.15. The second-order valence-electron chi connectivity index (χ2n) is 9.22. The summed E-state index contributed by atoms with van der Waals surface area (Å²) >= 11 is 2.88. The molecule has 0 fully saturated rings. The molecular weight excluding hydrogens is 428 g/mol. The molecule has 7 heteroatoms. The summed E-state index contributed by atoms with van der Waals surface area (Å²) in [4.78, 5) is 32.5. The molecule has 0 saturated heterocycles. The lowest BCUT2D eigenvalue weighted by atomic mass is 9.72. The Hall–Kier alpha value is -2.12. The minimum atomic E-state index is -0.340. The molecule has 3 aromatic rings. The lowest BCUT2D eigenvalue weighted by molar-refractivity contribution is -0.137. The van der Waals surface area contributed by atoms with E-state index in [1.165, 1.54) is 29.3 Å². The predicted molar refractivity (Wildman–Crippen MR) is 128 cm³/mol. The third-order valence-corrected chi connectivity index (χ3v) is 8.18. The fourth-order valence-corrected chi connectivity index (χ4v) is 6.33. The number of rotatable bonds is 4. The Morgan fingerprint density at radius 3 is 2.65 bits per heavy atom. The van der Waals surface area contributed by atoms with Crippen LogP contribution in [0.15, 0.2) is 34.2 Å². The number of ether oxygens (including phenoxy) is 1. The van der Waals surface area contributed by atoms with E-state index in [1.54, 1.807) is 15.9 Å². The number of hydrogen-bond acceptors (Lipinski definition) is 6. The molecule has 2 aromatic heterocycles. The van der Waals surface area contributed by atoms with Gasteiger partial charge in [0.25, 0.3) is 5.56 Å². The van der Waals surface area contributed by atoms with Gasteiger partial charge in [-0.2, -0.15) is 0 Å². The highest BCUT2D eigenvalue weighted by atomic mass is 32.2. The number of esters is 1. The summed E-state index contributed by atoms with van der Waals surface area (Å²) in [6.07, 6.45) is 3.00. The van der Waals surface area contributed by atoms with Crippen molar-refractivity contribution >= 4 is 39.3 Å². The highest BCUT2D eigenvalue weighted by molar-refractivity contribution is 7.99. The van der Waals surface area contributed by atoms with Crippen molar-refractivity contribution in [3.05, 3.63) is 50.6 Å². The highest BCUT2D eigenvalue weighted by Gasteiger charge is 2.32. The first kappa shape index (κ1) is 22.1. The third kappa shape index (κ3) is 4.30. The Morgan fingerprint density at radius 1 is 1.29 bits per heavy atom. The van der Waals surface area contributed by atoms with Crippen LogP contribution in [0.2, 0.25) is 0 Å². The van der Waals surface area contributed by atoms with Gasteiger partial charge >= 0.3 is 5.97 Å². The smallest absolute Gasteiger partial charge is 0.316 e. The lowest BCUT2D eigenvalue weighted by Crippen LogP contribution is -2.27. The third-order valence-electron chi connectivity index (χ3n) is 6.12. The van der Waals surface area contributed by atoms with E-state index in [0.29, 0.717) is 11.1 Å². The molecule has 164 valence electrons. The standard InChI is InChI=1S/C24H28N2O3S2/c1-14-6-9-16(10-7-14)26-22(28)20-17-11-8-15(24(2,3)4)12-18(17)31-21(20)25-23(26)30-13-19(27)29-5/h6-7,9-10,15H,8,11-13H2,1-5H3/t15-/m0/s1. The normalized spacial score (nSPS) is 16.4. The van der Waals surface area contributed by atoms with E-state index in [4.69, 9.17) is 9.72 Å². The van der Waals surface area contributed by atoms with Crippen LogP contribution in [-0.2, 0) is 22.4 Å². The van der Waals surface area contributed by atoms with Gasteiger partial charge in [0.2, 0.25) is 0 Å². The van der Waals surface area contributed by atoms with Crippen molar-refractivity contribution in [1.82, 2.24) is 9.55 Å². The van der Waals surface area contributed by atoms with Gasteiger partial charge in [-0.3, -0.25) is 14.2 Å². The molecule has 0 saturated carbocycles. The Kier molecular flexibility index (Phi) is 6.01. The molecule has 0 radical (unpaired) electrons. The summed E-state index contributed by atoms with van der Waals surface area (Å²) in [5, 5.41) is 1.27. The predicted octanol–water partition coefficient (Wildman–Crippen LogP) is 5.17. The van der Waals surface area contributed by atoms with Crippen LogP contribution >= 0.6 is 23.1 Å². The van der Waals surface area contributed by atoms with Crippen molar-refractivity contribution in [3.63, 3.8) is 0 Å². The number of benzene rings is 1. The number of nitrogens with zero attached hydrogens (tertiary/aromatic N) is 2. The molecule has 0 bridgehead atoms. The minimum Gasteiger partial charge on any atom is -0.468 e. The maximum Gasteiger partial charge on any atom is 0.316 e. The first-order valence-electron chi connectivity index (χ1n) is 10.5. The summed E-state index contributed by atoms with van der Waals surface area (Å²) < 4.78 is 6.44. The molecule has 0 unspecified atom stereocenters. The van der Waals surface area contributed by atoms with Crippen LogP contribution in [0, 0.1) is 18.3 Å². The summed E-state index contributed by atoms with van der Waals surface area (Å²) in [6.45, 7) is 8.89. The largest absolute Gasteiger partial charge is 0.468 e. The Balaban J connectivity index is 1.87. The van der Waals surface area contributed by atoms with E-state index in [0.717, 1.165) is 40.7 Å². The van der Waals surface area contributed by atoms with Gasteiger partial charge in [0.1, 0.15) is 4.83 Å². The number of fused-ring (bicyclic) bond motifs is 3. The van der Waals surface area contributed by atoms with Crippen molar-refractivity contribution in [1.29, 1.82) is 0 Å². The van der Waals surface area contributed by atoms with Crippen LogP contribution in [0.4, 0.5) is 0 Å². The average molecular weight is 457 g/mol. The zero-order valence-corrected chi connectivity index (χ0v) is 20.3. The number of carbonyl (C=O) groups excluding carboxylic acids is 1. The van der Waals surface area contributed by atoms with Gasteiger partial charge in [0.05, 0.1) is 23.9 Å². The number of aryl methyl sites for hydroxylation is 2. The van der Waals surface area contributed by atoms with Crippen molar-refractivity contribution in [2.45, 2.75) is 52.1 Å². The average Bonchev–Trinajstić information content (AvgIpc) is 3.10. The maximum absolute atomic E-state index is 13.8. The zero-order chi connectivity index (χ0) is 22.3. The number of carbonyl (C=O) groups is 1. The Labute approximate surface area is 190 Å². The summed E-state index contributed by atoms with van der Waals surface area (Å²) in [5.41, 5.74) is 3.25. The van der Waals surface area contributed by atoms with E-state index in [9.17, 15) is 9.59 Å². The topological polar surface area (TPSA) is 61.2 Å². The van der Waals surface area contributed by atoms with E-state index >= 15 is 0 Å². The second kappa shape index (κ2) is 8.43. The first-order valence-corrected chi connectivity index (χ1v) is 12.3. The van der Waals surface area contributed by atoms with E-state index in [1.807, 2.05) is 31.2 Å². The van der Waals surface area contributed by atoms with E-state index < -0.39 is 0 Å². The minimum absolute atomic E-state index is 0.0482. The van der Waals surface area contributed by atoms with Crippen LogP contribution in [0.3, 0.4) is 0 Å². The molecule has 1 aliphatic carbocycles. The van der Waals surface area contributed by atoms with Crippen LogP contribution in [-0.4, -0.2) is 28.4 Å². The van der Waals surface area contributed by atoms with Crippen molar-refractivity contribution in [3.8, 4) is 5.69 Å². The van der Waals surface area contributed by atoms with Gasteiger partial charge in [0, 0.05) is 4.88 Å². The highest BCUT2D eigenvalue weighted by Crippen LogP contribution is 2.42. The number of thioether (sulfide) groups is 1. The molecule has 0 spiro atoms. The first-order chi connectivity index (χ1) is 14.7. The number of thiophene rings is 1. The van der Waals surface area contributed by atoms with Crippen molar-refractivity contribution in [2.24, 2.45) is 11.3 Å². The van der Waals surface area contributed by atoms with Gasteiger partial charge in [0.15, 0.2) is 5.16 Å². The maximum atomic E-state index is 13.8. The summed E-state index contributed by atoms with van der Waals surface area (Å²) in [6, 6.07) is 7.83. The van der Waals surface area contributed by atoms with Crippen LogP contribution in [0.25, 0.3) is 15.9 Å². The number of methoxy groups -OCH3 is 1. The Bertz CT molecular complexity index is 1190. The van der Waals surface area contributed by atoms with Crippen LogP contribution in [0.5, 0.6) is 0 Å². The molecule has 0 N–H and O–H groups in total. The summed E-state index contributed by atoms with van der Waals surface area (Å²) in [5.74, 6) is 0.367. The second-order valence-corrected chi connectivity index (χ2v) is 11.3. The summed E-state index contributed by atoms with van der Waals surface area (Å²) in [7, 11) is 1.37. The van der Waals surface area contributed by atoms with Crippen molar-refractivity contribution in [2.75, 3.05) is 12.9 Å². The molecule has 1 aliphatic rings. The number of aromatic nitrogens is 2. The Morgan fingerprint density at radius 2 is 2.00 bits per heavy atom. The fraction of sp³-hybridized carbons (Fsp3) is 0.458. The van der Waals surface area contributed by atoms with E-state index in [2.05, 4.69) is 20.8 Å². The molecule has 2 heterocycles. The molecule has 1 atom stereocenters. The molecule has 0 amide bonds. The van der Waals surface area contributed by atoms with Gasteiger partial charge in [-0.05, 0) is 55.2 Å². The SMILES string of the molecule is COC(=O)CSc1nc2sc3c(c2c(=O)n1-c1ccc(C)cc1)CC[C@H](C(C)(C)C)C3.